The average molecular weight is 421 g/mol. The van der Waals surface area contributed by atoms with Gasteiger partial charge in [0.25, 0.3) is 0 Å². The Morgan fingerprint density at radius 2 is 2.06 bits per heavy atom. The number of nitrogens with one attached hydrogen (secondary N) is 1. The van der Waals surface area contributed by atoms with E-state index in [9.17, 15) is 5.11 Å². The number of aliphatic hydroxyl groups excluding tert-OH is 1. The zero-order chi connectivity index (χ0) is 21.4. The molecule has 0 spiro atoms. The SMILES string of the molecule is COC1CC(O)CC(c2ccc(C3CC3)c(Cc3ccc4c(c3)NCC(C#N)O4)c2)O1. The Kier molecular flexibility index (Phi) is 5.58. The second kappa shape index (κ2) is 8.51. The molecular formula is C25H28N2O4. The molecule has 2 fully saturated rings. The van der Waals surface area contributed by atoms with Gasteiger partial charge in [-0.3, -0.25) is 0 Å². The number of rotatable bonds is 5. The molecule has 1 saturated carbocycles. The third-order valence-corrected chi connectivity index (χ3v) is 6.42. The van der Waals surface area contributed by atoms with Crippen LogP contribution in [-0.2, 0) is 15.9 Å². The molecule has 1 aliphatic carbocycles. The molecule has 6 heteroatoms. The standard InChI is InChI=1S/C25H28N2O4/c1-29-25-12-19(28)11-24(31-25)17-5-6-21(16-3-4-16)18(10-17)8-15-2-7-23-22(9-15)27-14-20(13-26)30-23/h2,5-7,9-10,16,19-20,24-25,27-28H,3-4,8,11-12,14H2,1H3. The van der Waals surface area contributed by atoms with Crippen LogP contribution in [0.4, 0.5) is 5.69 Å². The lowest BCUT2D eigenvalue weighted by Gasteiger charge is -2.32. The molecule has 5 rings (SSSR count). The minimum absolute atomic E-state index is 0.165. The largest absolute Gasteiger partial charge is 0.472 e. The number of hydrogen-bond acceptors (Lipinski definition) is 6. The van der Waals surface area contributed by atoms with Gasteiger partial charge < -0.3 is 24.6 Å². The lowest BCUT2D eigenvalue weighted by atomic mass is 9.91. The van der Waals surface area contributed by atoms with Crippen LogP contribution in [-0.4, -0.2) is 37.3 Å². The molecule has 2 heterocycles. The van der Waals surface area contributed by atoms with Crippen molar-refractivity contribution >= 4 is 5.69 Å². The number of anilines is 1. The molecule has 0 amide bonds. The zero-order valence-corrected chi connectivity index (χ0v) is 17.7. The molecule has 4 atom stereocenters. The van der Waals surface area contributed by atoms with Crippen LogP contribution in [0, 0.1) is 11.3 Å². The fraction of sp³-hybridized carbons (Fsp3) is 0.480. The first-order chi connectivity index (χ1) is 15.1. The lowest BCUT2D eigenvalue weighted by molar-refractivity contribution is -0.205. The lowest BCUT2D eigenvalue weighted by Crippen LogP contribution is -2.32. The fourth-order valence-electron chi connectivity index (χ4n) is 4.62. The molecule has 31 heavy (non-hydrogen) atoms. The van der Waals surface area contributed by atoms with Crippen LogP contribution in [0.5, 0.6) is 5.75 Å². The van der Waals surface area contributed by atoms with E-state index in [0.29, 0.717) is 25.3 Å². The van der Waals surface area contributed by atoms with E-state index in [2.05, 4.69) is 41.7 Å². The monoisotopic (exact) mass is 420 g/mol. The topological polar surface area (TPSA) is 83.7 Å². The summed E-state index contributed by atoms with van der Waals surface area (Å²) >= 11 is 0. The third-order valence-electron chi connectivity index (χ3n) is 6.42. The Balaban J connectivity index is 1.41. The van der Waals surface area contributed by atoms with Gasteiger partial charge in [-0.1, -0.05) is 24.3 Å². The van der Waals surface area contributed by atoms with Crippen LogP contribution in [0.2, 0.25) is 0 Å². The fourth-order valence-corrected chi connectivity index (χ4v) is 4.62. The van der Waals surface area contributed by atoms with Crippen molar-refractivity contribution in [2.24, 2.45) is 0 Å². The molecule has 0 aromatic heterocycles. The van der Waals surface area contributed by atoms with Gasteiger partial charge in [-0.25, -0.2) is 0 Å². The molecule has 162 valence electrons. The van der Waals surface area contributed by atoms with E-state index in [-0.39, 0.29) is 12.4 Å². The van der Waals surface area contributed by atoms with E-state index in [4.69, 9.17) is 19.5 Å². The maximum Gasteiger partial charge on any atom is 0.201 e. The summed E-state index contributed by atoms with van der Waals surface area (Å²) in [7, 11) is 1.62. The van der Waals surface area contributed by atoms with E-state index >= 15 is 0 Å². The number of benzene rings is 2. The summed E-state index contributed by atoms with van der Waals surface area (Å²) in [6.45, 7) is 0.498. The number of nitrogens with zero attached hydrogens (tertiary/aromatic N) is 1. The molecule has 2 aliphatic heterocycles. The van der Waals surface area contributed by atoms with Crippen molar-refractivity contribution < 1.29 is 19.3 Å². The highest BCUT2D eigenvalue weighted by molar-refractivity contribution is 5.60. The van der Waals surface area contributed by atoms with Crippen molar-refractivity contribution in [2.45, 2.75) is 62.6 Å². The van der Waals surface area contributed by atoms with Crippen LogP contribution in [0.25, 0.3) is 0 Å². The van der Waals surface area contributed by atoms with Gasteiger partial charge in [0.1, 0.15) is 11.8 Å². The van der Waals surface area contributed by atoms with E-state index in [0.717, 1.165) is 23.4 Å². The first kappa shape index (κ1) is 20.3. The van der Waals surface area contributed by atoms with E-state index < -0.39 is 12.2 Å². The van der Waals surface area contributed by atoms with Gasteiger partial charge in [-0.2, -0.15) is 5.26 Å². The van der Waals surface area contributed by atoms with Crippen molar-refractivity contribution in [2.75, 3.05) is 19.0 Å². The summed E-state index contributed by atoms with van der Waals surface area (Å²) in [5, 5.41) is 22.6. The van der Waals surface area contributed by atoms with Gasteiger partial charge in [0.05, 0.1) is 24.4 Å². The zero-order valence-electron chi connectivity index (χ0n) is 17.7. The summed E-state index contributed by atoms with van der Waals surface area (Å²) in [4.78, 5) is 0. The van der Waals surface area contributed by atoms with Crippen LogP contribution in [0.1, 0.15) is 60.0 Å². The number of methoxy groups -OCH3 is 1. The molecule has 2 N–H and O–H groups in total. The molecule has 0 bridgehead atoms. The summed E-state index contributed by atoms with van der Waals surface area (Å²) < 4.78 is 17.1. The molecular weight excluding hydrogens is 392 g/mol. The van der Waals surface area contributed by atoms with Gasteiger partial charge in [-0.15, -0.1) is 0 Å². The summed E-state index contributed by atoms with van der Waals surface area (Å²) in [5.74, 6) is 1.37. The highest BCUT2D eigenvalue weighted by atomic mass is 16.7. The minimum Gasteiger partial charge on any atom is -0.472 e. The van der Waals surface area contributed by atoms with Crippen molar-refractivity contribution in [3.63, 3.8) is 0 Å². The maximum atomic E-state index is 10.2. The highest BCUT2D eigenvalue weighted by Gasteiger charge is 2.31. The van der Waals surface area contributed by atoms with Gasteiger partial charge in [0, 0.05) is 20.0 Å². The van der Waals surface area contributed by atoms with Crippen molar-refractivity contribution in [3.05, 3.63) is 58.7 Å². The van der Waals surface area contributed by atoms with Gasteiger partial charge in [-0.05, 0) is 59.6 Å². The van der Waals surface area contributed by atoms with E-state index in [1.54, 1.807) is 7.11 Å². The number of hydrogen-bond donors (Lipinski definition) is 2. The van der Waals surface area contributed by atoms with E-state index in [1.165, 1.54) is 29.5 Å². The Hall–Kier alpha value is -2.59. The van der Waals surface area contributed by atoms with Crippen molar-refractivity contribution in [3.8, 4) is 11.8 Å². The normalized spacial score (nSPS) is 27.5. The second-order valence-corrected chi connectivity index (χ2v) is 8.77. The number of aliphatic hydroxyl groups is 1. The first-order valence-electron chi connectivity index (χ1n) is 11.0. The van der Waals surface area contributed by atoms with Crippen LogP contribution >= 0.6 is 0 Å². The summed E-state index contributed by atoms with van der Waals surface area (Å²) in [6.07, 6.45) is 3.00. The summed E-state index contributed by atoms with van der Waals surface area (Å²) in [5.41, 5.74) is 5.95. The third kappa shape index (κ3) is 4.40. The van der Waals surface area contributed by atoms with Gasteiger partial charge >= 0.3 is 0 Å². The first-order valence-corrected chi connectivity index (χ1v) is 11.0. The molecule has 1 saturated heterocycles. The predicted octanol–water partition coefficient (Wildman–Crippen LogP) is 4.04. The van der Waals surface area contributed by atoms with Crippen LogP contribution < -0.4 is 10.1 Å². The van der Waals surface area contributed by atoms with Gasteiger partial charge in [0.15, 0.2) is 6.29 Å². The molecule has 0 radical (unpaired) electrons. The Bertz CT molecular complexity index is 998. The Morgan fingerprint density at radius 3 is 2.84 bits per heavy atom. The van der Waals surface area contributed by atoms with Crippen LogP contribution in [0.15, 0.2) is 36.4 Å². The van der Waals surface area contributed by atoms with Crippen molar-refractivity contribution in [1.29, 1.82) is 5.26 Å². The molecule has 3 aliphatic rings. The Labute approximate surface area is 182 Å². The predicted molar refractivity (Wildman–Crippen MR) is 116 cm³/mol. The average Bonchev–Trinajstić information content (AvgIpc) is 3.63. The second-order valence-electron chi connectivity index (χ2n) is 8.77. The Morgan fingerprint density at radius 1 is 1.19 bits per heavy atom. The quantitative estimate of drug-likeness (QED) is 0.760. The number of ether oxygens (including phenoxy) is 3. The molecule has 2 aromatic carbocycles. The van der Waals surface area contributed by atoms with Crippen molar-refractivity contribution in [1.82, 2.24) is 0 Å². The smallest absolute Gasteiger partial charge is 0.201 e. The van der Waals surface area contributed by atoms with Crippen LogP contribution in [0.3, 0.4) is 0 Å². The van der Waals surface area contributed by atoms with Gasteiger partial charge in [0.2, 0.25) is 6.10 Å². The maximum absolute atomic E-state index is 10.2. The minimum atomic E-state index is -0.446. The highest BCUT2D eigenvalue weighted by Crippen LogP contribution is 2.44. The molecule has 4 unspecified atom stereocenters. The number of fused-ring (bicyclic) bond motifs is 1. The molecule has 2 aromatic rings. The summed E-state index contributed by atoms with van der Waals surface area (Å²) in [6, 6.07) is 14.9. The number of nitriles is 1. The molecule has 6 nitrogen and oxygen atoms in total. The van der Waals surface area contributed by atoms with E-state index in [1.807, 2.05) is 6.07 Å².